The lowest BCUT2D eigenvalue weighted by atomic mass is 9.93. The molecule has 0 aliphatic carbocycles. The van der Waals surface area contributed by atoms with Gasteiger partial charge in [-0.3, -0.25) is 14.9 Å². The van der Waals surface area contributed by atoms with Crippen molar-refractivity contribution in [2.45, 2.75) is 32.6 Å². The number of aryl methyl sites for hydroxylation is 1. The van der Waals surface area contributed by atoms with Gasteiger partial charge in [0.15, 0.2) is 0 Å². The number of nitro groups is 1. The van der Waals surface area contributed by atoms with Crippen LogP contribution in [0.1, 0.15) is 31.2 Å². The Labute approximate surface area is 123 Å². The molecule has 1 aliphatic rings. The molecule has 1 N–H and O–H groups in total. The molecule has 1 atom stereocenters. The van der Waals surface area contributed by atoms with Crippen LogP contribution in [0.4, 0.5) is 11.4 Å². The molecule has 1 fully saturated rings. The normalized spacial score (nSPS) is 18.5. The van der Waals surface area contributed by atoms with E-state index in [0.717, 1.165) is 24.9 Å². The molecule has 21 heavy (non-hydrogen) atoms. The zero-order valence-corrected chi connectivity index (χ0v) is 12.1. The first-order valence-electron chi connectivity index (χ1n) is 7.19. The van der Waals surface area contributed by atoms with E-state index in [1.165, 1.54) is 0 Å². The predicted octanol–water partition coefficient (Wildman–Crippen LogP) is 2.98. The standard InChI is InChI=1S/C15H20N2O4/c1-11-4-6-13(14(9-11)17(20)21)16-8-2-3-12(10-16)5-7-15(18)19/h4,6,9,12H,2-3,5,7-8,10H2,1H3,(H,18,19). The molecule has 0 aromatic heterocycles. The summed E-state index contributed by atoms with van der Waals surface area (Å²) in [5.74, 6) is -0.496. The van der Waals surface area contributed by atoms with Crippen LogP contribution >= 0.6 is 0 Å². The second-order valence-corrected chi connectivity index (χ2v) is 5.64. The Morgan fingerprint density at radius 1 is 1.52 bits per heavy atom. The summed E-state index contributed by atoms with van der Waals surface area (Å²) in [5.41, 5.74) is 1.64. The van der Waals surface area contributed by atoms with E-state index in [-0.39, 0.29) is 22.9 Å². The Hall–Kier alpha value is -2.11. The van der Waals surface area contributed by atoms with Crippen LogP contribution in [-0.2, 0) is 4.79 Å². The topological polar surface area (TPSA) is 83.7 Å². The summed E-state index contributed by atoms with van der Waals surface area (Å²) in [7, 11) is 0. The first-order chi connectivity index (χ1) is 9.97. The lowest BCUT2D eigenvalue weighted by molar-refractivity contribution is -0.384. The molecule has 0 spiro atoms. The van der Waals surface area contributed by atoms with Crippen LogP contribution in [0.15, 0.2) is 18.2 Å². The highest BCUT2D eigenvalue weighted by Gasteiger charge is 2.25. The quantitative estimate of drug-likeness (QED) is 0.666. The molecular formula is C15H20N2O4. The minimum atomic E-state index is -0.784. The predicted molar refractivity (Wildman–Crippen MR) is 79.6 cm³/mol. The summed E-state index contributed by atoms with van der Waals surface area (Å²) in [6, 6.07) is 5.27. The Kier molecular flexibility index (Phi) is 4.77. The highest BCUT2D eigenvalue weighted by molar-refractivity contribution is 5.67. The molecule has 2 rings (SSSR count). The van der Waals surface area contributed by atoms with Gasteiger partial charge in [-0.2, -0.15) is 0 Å². The van der Waals surface area contributed by atoms with Gasteiger partial charge in [-0.25, -0.2) is 0 Å². The Morgan fingerprint density at radius 2 is 2.29 bits per heavy atom. The zero-order chi connectivity index (χ0) is 15.4. The van der Waals surface area contributed by atoms with E-state index in [9.17, 15) is 14.9 Å². The molecular weight excluding hydrogens is 272 g/mol. The van der Waals surface area contributed by atoms with Gasteiger partial charge in [0, 0.05) is 25.6 Å². The number of anilines is 1. The summed E-state index contributed by atoms with van der Waals surface area (Å²) in [6.07, 6.45) is 2.72. The van der Waals surface area contributed by atoms with E-state index in [1.54, 1.807) is 12.1 Å². The second kappa shape index (κ2) is 6.56. The van der Waals surface area contributed by atoms with Crippen LogP contribution in [0.2, 0.25) is 0 Å². The molecule has 0 saturated carbocycles. The van der Waals surface area contributed by atoms with Crippen molar-refractivity contribution in [2.75, 3.05) is 18.0 Å². The number of nitrogens with zero attached hydrogens (tertiary/aromatic N) is 2. The molecule has 1 saturated heterocycles. The molecule has 1 aromatic rings. The van der Waals surface area contributed by atoms with E-state index >= 15 is 0 Å². The second-order valence-electron chi connectivity index (χ2n) is 5.64. The van der Waals surface area contributed by atoms with Gasteiger partial charge in [-0.15, -0.1) is 0 Å². The molecule has 0 bridgehead atoms. The average molecular weight is 292 g/mol. The van der Waals surface area contributed by atoms with Crippen LogP contribution < -0.4 is 4.90 Å². The third-order valence-electron chi connectivity index (χ3n) is 3.95. The van der Waals surface area contributed by atoms with Crippen molar-refractivity contribution >= 4 is 17.3 Å². The zero-order valence-electron chi connectivity index (χ0n) is 12.1. The van der Waals surface area contributed by atoms with Gasteiger partial charge in [0.25, 0.3) is 5.69 Å². The van der Waals surface area contributed by atoms with Gasteiger partial charge < -0.3 is 10.0 Å². The molecule has 1 heterocycles. The fourth-order valence-corrected chi connectivity index (χ4v) is 2.89. The fourth-order valence-electron chi connectivity index (χ4n) is 2.89. The number of nitro benzene ring substituents is 1. The summed E-state index contributed by atoms with van der Waals surface area (Å²) < 4.78 is 0. The smallest absolute Gasteiger partial charge is 0.303 e. The molecule has 6 nitrogen and oxygen atoms in total. The number of hydrogen-bond donors (Lipinski definition) is 1. The van der Waals surface area contributed by atoms with Crippen LogP contribution in [0.3, 0.4) is 0 Å². The van der Waals surface area contributed by atoms with Crippen LogP contribution in [0, 0.1) is 23.0 Å². The van der Waals surface area contributed by atoms with E-state index in [0.29, 0.717) is 18.7 Å². The lowest BCUT2D eigenvalue weighted by Crippen LogP contribution is -2.36. The van der Waals surface area contributed by atoms with Crippen molar-refractivity contribution in [1.29, 1.82) is 0 Å². The minimum absolute atomic E-state index is 0.133. The summed E-state index contributed by atoms with van der Waals surface area (Å²) in [4.78, 5) is 23.6. The third-order valence-corrected chi connectivity index (χ3v) is 3.95. The monoisotopic (exact) mass is 292 g/mol. The molecule has 6 heteroatoms. The molecule has 114 valence electrons. The maximum Gasteiger partial charge on any atom is 0.303 e. The van der Waals surface area contributed by atoms with Gasteiger partial charge >= 0.3 is 5.97 Å². The first kappa shape index (κ1) is 15.3. The van der Waals surface area contributed by atoms with Crippen molar-refractivity contribution in [3.8, 4) is 0 Å². The molecule has 1 aliphatic heterocycles. The first-order valence-corrected chi connectivity index (χ1v) is 7.19. The number of rotatable bonds is 5. The average Bonchev–Trinajstić information content (AvgIpc) is 2.45. The third kappa shape index (κ3) is 3.93. The minimum Gasteiger partial charge on any atom is -0.481 e. The van der Waals surface area contributed by atoms with Gasteiger partial charge in [-0.05, 0) is 43.7 Å². The number of benzene rings is 1. The van der Waals surface area contributed by atoms with Gasteiger partial charge in [-0.1, -0.05) is 6.07 Å². The van der Waals surface area contributed by atoms with E-state index in [1.807, 2.05) is 17.9 Å². The maximum atomic E-state index is 11.2. The van der Waals surface area contributed by atoms with Gasteiger partial charge in [0.05, 0.1) is 4.92 Å². The largest absolute Gasteiger partial charge is 0.481 e. The number of carboxylic acids is 1. The number of hydrogen-bond acceptors (Lipinski definition) is 4. The molecule has 0 amide bonds. The molecule has 1 unspecified atom stereocenters. The molecule has 0 radical (unpaired) electrons. The number of carboxylic acid groups (broad SMARTS) is 1. The maximum absolute atomic E-state index is 11.2. The SMILES string of the molecule is Cc1ccc(N2CCCC(CCC(=O)O)C2)c([N+](=O)[O-])c1. The van der Waals surface area contributed by atoms with E-state index < -0.39 is 5.97 Å². The summed E-state index contributed by atoms with van der Waals surface area (Å²) in [6.45, 7) is 3.31. The van der Waals surface area contributed by atoms with Crippen molar-refractivity contribution in [2.24, 2.45) is 5.92 Å². The highest BCUT2D eigenvalue weighted by atomic mass is 16.6. The van der Waals surface area contributed by atoms with Gasteiger partial charge in [0.1, 0.15) is 5.69 Å². The Morgan fingerprint density at radius 3 is 2.95 bits per heavy atom. The van der Waals surface area contributed by atoms with Crippen LogP contribution in [0.25, 0.3) is 0 Å². The van der Waals surface area contributed by atoms with E-state index in [4.69, 9.17) is 5.11 Å². The van der Waals surface area contributed by atoms with Crippen molar-refractivity contribution in [3.63, 3.8) is 0 Å². The number of piperidine rings is 1. The number of aliphatic carboxylic acids is 1. The summed E-state index contributed by atoms with van der Waals surface area (Å²) >= 11 is 0. The van der Waals surface area contributed by atoms with Crippen LogP contribution in [0.5, 0.6) is 0 Å². The van der Waals surface area contributed by atoms with E-state index in [2.05, 4.69) is 0 Å². The lowest BCUT2D eigenvalue weighted by Gasteiger charge is -2.34. The molecule has 1 aromatic carbocycles. The van der Waals surface area contributed by atoms with Crippen molar-refractivity contribution in [3.05, 3.63) is 33.9 Å². The Balaban J connectivity index is 2.14. The number of carbonyl (C=O) groups is 1. The van der Waals surface area contributed by atoms with Crippen LogP contribution in [-0.4, -0.2) is 29.1 Å². The Bertz CT molecular complexity index is 544. The van der Waals surface area contributed by atoms with Crippen molar-refractivity contribution in [1.82, 2.24) is 0 Å². The summed E-state index contributed by atoms with van der Waals surface area (Å²) in [5, 5.41) is 20.0. The van der Waals surface area contributed by atoms with Gasteiger partial charge in [0.2, 0.25) is 0 Å². The fraction of sp³-hybridized carbons (Fsp3) is 0.533. The van der Waals surface area contributed by atoms with Crippen molar-refractivity contribution < 1.29 is 14.8 Å². The highest BCUT2D eigenvalue weighted by Crippen LogP contribution is 2.33.